The van der Waals surface area contributed by atoms with E-state index in [1.165, 1.54) is 0 Å². The van der Waals surface area contributed by atoms with E-state index in [9.17, 15) is 9.59 Å². The molecule has 0 aliphatic carbocycles. The molecule has 0 atom stereocenters. The summed E-state index contributed by atoms with van der Waals surface area (Å²) in [7, 11) is 0. The largest absolute Gasteiger partial charge is 0.321 e. The van der Waals surface area contributed by atoms with Crippen LogP contribution in [0.5, 0.6) is 0 Å². The van der Waals surface area contributed by atoms with Crippen molar-refractivity contribution >= 4 is 58.0 Å². The number of benzene rings is 3. The van der Waals surface area contributed by atoms with E-state index in [1.54, 1.807) is 41.3 Å². The molecule has 170 valence electrons. The van der Waals surface area contributed by atoms with E-state index in [-0.39, 0.29) is 26.5 Å². The molecule has 1 aliphatic heterocycles. The van der Waals surface area contributed by atoms with Gasteiger partial charge in [-0.25, -0.2) is 0 Å². The fourth-order valence-corrected chi connectivity index (χ4v) is 4.91. The van der Waals surface area contributed by atoms with Gasteiger partial charge in [-0.05, 0) is 54.6 Å². The molecule has 0 bridgehead atoms. The Morgan fingerprint density at radius 3 is 2.26 bits per heavy atom. The summed E-state index contributed by atoms with van der Waals surface area (Å²) in [5, 5.41) is 3.42. The van der Waals surface area contributed by atoms with Crippen molar-refractivity contribution in [1.82, 2.24) is 4.57 Å². The number of hydrogen-bond acceptors (Lipinski definition) is 2. The van der Waals surface area contributed by atoms with Crippen LogP contribution in [0.1, 0.15) is 26.4 Å². The van der Waals surface area contributed by atoms with Gasteiger partial charge in [-0.3, -0.25) is 9.59 Å². The number of amides is 2. The average Bonchev–Trinajstić information content (AvgIpc) is 3.23. The highest BCUT2D eigenvalue weighted by Gasteiger charge is 2.25. The van der Waals surface area contributed by atoms with Crippen molar-refractivity contribution in [2.75, 3.05) is 16.8 Å². The molecule has 0 unspecified atom stereocenters. The van der Waals surface area contributed by atoms with Gasteiger partial charge in [0.15, 0.2) is 0 Å². The van der Waals surface area contributed by atoms with Crippen molar-refractivity contribution in [2.45, 2.75) is 6.42 Å². The topological polar surface area (TPSA) is 54.3 Å². The number of anilines is 2. The Bertz CT molecular complexity index is 1410. The number of carbonyl (C=O) groups excluding carboxylic acids is 2. The fourth-order valence-electron chi connectivity index (χ4n) is 4.11. The SMILES string of the molecule is O=C(Nc1ccc(C(=O)N2CCc3cccn3-c3ccccc32)cc1Cl)c1c(Cl)cccc1Cl. The number of hydrogen-bond donors (Lipinski definition) is 1. The summed E-state index contributed by atoms with van der Waals surface area (Å²) in [5.74, 6) is -0.660. The second-order valence-electron chi connectivity index (χ2n) is 7.81. The van der Waals surface area contributed by atoms with Gasteiger partial charge in [0.25, 0.3) is 11.8 Å². The lowest BCUT2D eigenvalue weighted by Crippen LogP contribution is -2.32. The smallest absolute Gasteiger partial charge is 0.258 e. The number of halogens is 3. The lowest BCUT2D eigenvalue weighted by atomic mass is 10.1. The molecule has 3 aromatic carbocycles. The fraction of sp³-hybridized carbons (Fsp3) is 0.0769. The third-order valence-corrected chi connectivity index (χ3v) is 6.70. The van der Waals surface area contributed by atoms with Gasteiger partial charge < -0.3 is 14.8 Å². The van der Waals surface area contributed by atoms with Crippen LogP contribution >= 0.6 is 34.8 Å². The molecular weight excluding hydrogens is 493 g/mol. The van der Waals surface area contributed by atoms with E-state index in [2.05, 4.69) is 16.0 Å². The average molecular weight is 511 g/mol. The van der Waals surface area contributed by atoms with Gasteiger partial charge in [-0.15, -0.1) is 0 Å². The van der Waals surface area contributed by atoms with Crippen LogP contribution in [0.4, 0.5) is 11.4 Å². The van der Waals surface area contributed by atoms with Crippen molar-refractivity contribution in [2.24, 2.45) is 0 Å². The standard InChI is InChI=1S/C26H18Cl3N3O2/c27-18-6-3-7-19(28)24(18)25(33)30-21-11-10-16(15-20(21)29)26(34)32-14-12-17-5-4-13-31(17)22-8-1-2-9-23(22)32/h1-11,13,15H,12,14H2,(H,30,33). The highest BCUT2D eigenvalue weighted by Crippen LogP contribution is 2.32. The highest BCUT2D eigenvalue weighted by atomic mass is 35.5. The van der Waals surface area contributed by atoms with Crippen LogP contribution in [0.2, 0.25) is 15.1 Å². The van der Waals surface area contributed by atoms with E-state index in [0.717, 1.165) is 17.1 Å². The number of rotatable bonds is 3. The Kier molecular flexibility index (Phi) is 6.09. The zero-order valence-corrected chi connectivity index (χ0v) is 20.0. The molecule has 1 N–H and O–H groups in total. The monoisotopic (exact) mass is 509 g/mol. The molecule has 0 saturated carbocycles. The Morgan fingerprint density at radius 1 is 0.794 bits per heavy atom. The van der Waals surface area contributed by atoms with E-state index in [0.29, 0.717) is 24.2 Å². The minimum Gasteiger partial charge on any atom is -0.321 e. The van der Waals surface area contributed by atoms with Crippen LogP contribution in [0.15, 0.2) is 79.0 Å². The first-order chi connectivity index (χ1) is 16.4. The maximum Gasteiger partial charge on any atom is 0.258 e. The summed E-state index contributed by atoms with van der Waals surface area (Å²) in [4.78, 5) is 28.0. The maximum atomic E-state index is 13.5. The first-order valence-electron chi connectivity index (χ1n) is 10.6. The molecule has 1 aliphatic rings. The zero-order valence-electron chi connectivity index (χ0n) is 17.8. The van der Waals surface area contributed by atoms with Crippen molar-refractivity contribution in [1.29, 1.82) is 0 Å². The lowest BCUT2D eigenvalue weighted by molar-refractivity contribution is 0.0986. The molecule has 5 rings (SSSR count). The van der Waals surface area contributed by atoms with E-state index in [1.807, 2.05) is 36.5 Å². The third-order valence-electron chi connectivity index (χ3n) is 5.76. The predicted molar refractivity (Wildman–Crippen MR) is 137 cm³/mol. The van der Waals surface area contributed by atoms with Crippen LogP contribution in [0.3, 0.4) is 0 Å². The lowest BCUT2D eigenvalue weighted by Gasteiger charge is -2.23. The van der Waals surface area contributed by atoms with Crippen LogP contribution in [0, 0.1) is 0 Å². The van der Waals surface area contributed by atoms with Gasteiger partial charge in [0.1, 0.15) is 0 Å². The van der Waals surface area contributed by atoms with Crippen molar-refractivity contribution in [3.63, 3.8) is 0 Å². The van der Waals surface area contributed by atoms with Gasteiger partial charge in [-0.2, -0.15) is 0 Å². The highest BCUT2D eigenvalue weighted by molar-refractivity contribution is 6.41. The maximum absolute atomic E-state index is 13.5. The molecule has 0 radical (unpaired) electrons. The second-order valence-corrected chi connectivity index (χ2v) is 9.03. The number of aromatic nitrogens is 1. The molecule has 2 heterocycles. The first kappa shape index (κ1) is 22.5. The van der Waals surface area contributed by atoms with E-state index < -0.39 is 5.91 Å². The second kappa shape index (κ2) is 9.18. The van der Waals surface area contributed by atoms with E-state index >= 15 is 0 Å². The molecule has 2 amide bonds. The Balaban J connectivity index is 1.42. The van der Waals surface area contributed by atoms with Gasteiger partial charge >= 0.3 is 0 Å². The van der Waals surface area contributed by atoms with Gasteiger partial charge in [-0.1, -0.05) is 53.0 Å². The summed E-state index contributed by atoms with van der Waals surface area (Å²) in [6.45, 7) is 0.529. The molecule has 5 nitrogen and oxygen atoms in total. The molecule has 8 heteroatoms. The first-order valence-corrected chi connectivity index (χ1v) is 11.7. The molecule has 1 aromatic heterocycles. The minimum atomic E-state index is -0.486. The molecule has 0 fully saturated rings. The van der Waals surface area contributed by atoms with Crippen molar-refractivity contribution < 1.29 is 9.59 Å². The summed E-state index contributed by atoms with van der Waals surface area (Å²) in [5.41, 5.74) is 3.83. The zero-order chi connectivity index (χ0) is 23.8. The molecule has 34 heavy (non-hydrogen) atoms. The van der Waals surface area contributed by atoms with Crippen LogP contribution in [-0.2, 0) is 6.42 Å². The van der Waals surface area contributed by atoms with Gasteiger partial charge in [0.05, 0.1) is 37.7 Å². The van der Waals surface area contributed by atoms with E-state index in [4.69, 9.17) is 34.8 Å². The quantitative estimate of drug-likeness (QED) is 0.326. The van der Waals surface area contributed by atoms with Gasteiger partial charge in [0.2, 0.25) is 0 Å². The van der Waals surface area contributed by atoms with Crippen molar-refractivity contribution in [3.05, 3.63) is 111 Å². The molecule has 0 spiro atoms. The van der Waals surface area contributed by atoms with Crippen LogP contribution in [-0.4, -0.2) is 22.9 Å². The Morgan fingerprint density at radius 2 is 1.53 bits per heavy atom. The normalized spacial score (nSPS) is 12.5. The molecular formula is C26H18Cl3N3O2. The third kappa shape index (κ3) is 4.07. The predicted octanol–water partition coefficient (Wildman–Crippen LogP) is 6.89. The van der Waals surface area contributed by atoms with Crippen LogP contribution in [0.25, 0.3) is 5.69 Å². The number of para-hydroxylation sites is 2. The Hall–Kier alpha value is -3.25. The summed E-state index contributed by atoms with van der Waals surface area (Å²) in [6.07, 6.45) is 2.72. The Labute approximate surface area is 211 Å². The van der Waals surface area contributed by atoms with Crippen molar-refractivity contribution in [3.8, 4) is 5.69 Å². The molecule has 0 saturated heterocycles. The summed E-state index contributed by atoms with van der Waals surface area (Å²) in [6, 6.07) is 21.5. The van der Waals surface area contributed by atoms with Gasteiger partial charge in [0, 0.05) is 30.4 Å². The molecule has 4 aromatic rings. The number of nitrogens with one attached hydrogen (secondary N) is 1. The summed E-state index contributed by atoms with van der Waals surface area (Å²) >= 11 is 18.7. The summed E-state index contributed by atoms with van der Waals surface area (Å²) < 4.78 is 2.11. The minimum absolute atomic E-state index is 0.159. The number of carbonyl (C=O) groups is 2. The number of nitrogens with zero attached hydrogens (tertiary/aromatic N) is 2. The van der Waals surface area contributed by atoms with Crippen LogP contribution < -0.4 is 10.2 Å². The number of fused-ring (bicyclic) bond motifs is 3.